The van der Waals surface area contributed by atoms with Crippen LogP contribution in [0, 0.1) is 10.1 Å². The Bertz CT molecular complexity index is 1370. The predicted molar refractivity (Wildman–Crippen MR) is 130 cm³/mol. The lowest BCUT2D eigenvalue weighted by Gasteiger charge is -2.23. The van der Waals surface area contributed by atoms with E-state index in [-0.39, 0.29) is 24.0 Å². The molecule has 0 aliphatic rings. The highest BCUT2D eigenvalue weighted by molar-refractivity contribution is 5.90. The fourth-order valence-electron chi connectivity index (χ4n) is 3.79. The number of nitro groups is 1. The van der Waals surface area contributed by atoms with Crippen LogP contribution >= 0.6 is 0 Å². The van der Waals surface area contributed by atoms with Crippen LogP contribution in [0.5, 0.6) is 11.5 Å². The number of para-hydroxylation sites is 1. The first-order chi connectivity index (χ1) is 16.9. The van der Waals surface area contributed by atoms with Gasteiger partial charge in [0.1, 0.15) is 11.5 Å². The summed E-state index contributed by atoms with van der Waals surface area (Å²) in [6.07, 6.45) is 0. The number of rotatable bonds is 8. The normalized spacial score (nSPS) is 11.5. The molecule has 8 nitrogen and oxygen atoms in total. The third kappa shape index (κ3) is 5.62. The summed E-state index contributed by atoms with van der Waals surface area (Å²) in [5.41, 5.74) is 1.08. The van der Waals surface area contributed by atoms with E-state index in [1.807, 2.05) is 36.4 Å². The van der Waals surface area contributed by atoms with E-state index in [1.165, 1.54) is 19.1 Å². The molecule has 1 unspecified atom stereocenters. The van der Waals surface area contributed by atoms with E-state index >= 15 is 0 Å². The first kappa shape index (κ1) is 23.4. The maximum absolute atomic E-state index is 12.7. The summed E-state index contributed by atoms with van der Waals surface area (Å²) in [4.78, 5) is 35.4. The Balaban J connectivity index is 1.73. The second kappa shape index (κ2) is 10.5. The zero-order chi connectivity index (χ0) is 24.8. The Labute approximate surface area is 201 Å². The van der Waals surface area contributed by atoms with Gasteiger partial charge in [-0.2, -0.15) is 0 Å². The van der Waals surface area contributed by atoms with Crippen LogP contribution < -0.4 is 14.8 Å². The summed E-state index contributed by atoms with van der Waals surface area (Å²) in [5.74, 6) is -0.144. The van der Waals surface area contributed by atoms with Gasteiger partial charge in [0, 0.05) is 24.6 Å². The predicted octanol–water partition coefficient (Wildman–Crippen LogP) is 4.96. The van der Waals surface area contributed by atoms with Crippen molar-refractivity contribution < 1.29 is 24.0 Å². The minimum atomic E-state index is -0.725. The number of non-ortho nitro benzene ring substituents is 1. The standard InChI is InChI=1S/C27H22N2O6/c1-18(30)28-27(20-11-14-21(15-12-20)29(32)33)26-23-10-6-5-7-19(23)13-16-24(26)35-25(31)17-34-22-8-3-2-4-9-22/h2-16,27H,17H2,1H3,(H,28,30). The molecule has 0 aromatic heterocycles. The molecule has 0 aliphatic carbocycles. The second-order valence-corrected chi connectivity index (χ2v) is 7.76. The summed E-state index contributed by atoms with van der Waals surface area (Å²) in [6, 6.07) is 25.0. The molecule has 4 rings (SSSR count). The van der Waals surface area contributed by atoms with Crippen molar-refractivity contribution in [2.75, 3.05) is 6.61 Å². The fourth-order valence-corrected chi connectivity index (χ4v) is 3.79. The summed E-state index contributed by atoms with van der Waals surface area (Å²) in [6.45, 7) is 1.07. The molecule has 0 radical (unpaired) electrons. The van der Waals surface area contributed by atoms with E-state index in [9.17, 15) is 19.7 Å². The van der Waals surface area contributed by atoms with Crippen LogP contribution in [-0.4, -0.2) is 23.4 Å². The average Bonchev–Trinajstić information content (AvgIpc) is 2.87. The van der Waals surface area contributed by atoms with Crippen LogP contribution in [-0.2, 0) is 9.59 Å². The quantitative estimate of drug-likeness (QED) is 0.169. The molecular formula is C27H22N2O6. The highest BCUT2D eigenvalue weighted by atomic mass is 16.6. The smallest absolute Gasteiger partial charge is 0.349 e. The minimum Gasteiger partial charge on any atom is -0.482 e. The average molecular weight is 470 g/mol. The summed E-state index contributed by atoms with van der Waals surface area (Å²) in [7, 11) is 0. The second-order valence-electron chi connectivity index (χ2n) is 7.76. The van der Waals surface area contributed by atoms with Crippen LogP contribution in [0.4, 0.5) is 5.69 Å². The number of amides is 1. The number of hydrogen-bond donors (Lipinski definition) is 1. The Kier molecular flexibility index (Phi) is 7.02. The third-order valence-electron chi connectivity index (χ3n) is 5.33. The lowest BCUT2D eigenvalue weighted by Crippen LogP contribution is -2.28. The van der Waals surface area contributed by atoms with Crippen molar-refractivity contribution in [1.82, 2.24) is 5.32 Å². The number of nitrogens with zero attached hydrogens (tertiary/aromatic N) is 1. The molecule has 4 aromatic carbocycles. The maximum Gasteiger partial charge on any atom is 0.349 e. The van der Waals surface area contributed by atoms with Gasteiger partial charge in [-0.15, -0.1) is 0 Å². The molecule has 0 spiro atoms. The number of fused-ring (bicyclic) bond motifs is 1. The number of hydrogen-bond acceptors (Lipinski definition) is 6. The molecular weight excluding hydrogens is 448 g/mol. The summed E-state index contributed by atoms with van der Waals surface area (Å²) >= 11 is 0. The highest BCUT2D eigenvalue weighted by Crippen LogP contribution is 2.37. The SMILES string of the molecule is CC(=O)NC(c1ccc([N+](=O)[O-])cc1)c1c(OC(=O)COc2ccccc2)ccc2ccccc12. The van der Waals surface area contributed by atoms with Crippen LogP contribution in [0.1, 0.15) is 24.1 Å². The minimum absolute atomic E-state index is 0.0713. The fraction of sp³-hybridized carbons (Fsp3) is 0.111. The largest absolute Gasteiger partial charge is 0.482 e. The van der Waals surface area contributed by atoms with E-state index in [0.29, 0.717) is 16.9 Å². The number of esters is 1. The number of benzene rings is 4. The summed E-state index contributed by atoms with van der Waals surface area (Å²) in [5, 5.41) is 15.6. The topological polar surface area (TPSA) is 108 Å². The van der Waals surface area contributed by atoms with Crippen molar-refractivity contribution in [1.29, 1.82) is 0 Å². The number of carbonyl (C=O) groups excluding carboxylic acids is 2. The van der Waals surface area contributed by atoms with Gasteiger partial charge >= 0.3 is 5.97 Å². The molecule has 0 heterocycles. The van der Waals surface area contributed by atoms with Gasteiger partial charge in [0.05, 0.1) is 11.0 Å². The number of nitro benzene ring substituents is 1. The highest BCUT2D eigenvalue weighted by Gasteiger charge is 2.24. The molecule has 1 amide bonds. The van der Waals surface area contributed by atoms with Crippen molar-refractivity contribution in [3.63, 3.8) is 0 Å². The van der Waals surface area contributed by atoms with Crippen LogP contribution in [0.2, 0.25) is 0 Å². The van der Waals surface area contributed by atoms with Crippen LogP contribution in [0.3, 0.4) is 0 Å². The molecule has 0 aliphatic heterocycles. The van der Waals surface area contributed by atoms with Crippen LogP contribution in [0.15, 0.2) is 91.0 Å². The third-order valence-corrected chi connectivity index (χ3v) is 5.33. The molecule has 0 fully saturated rings. The van der Waals surface area contributed by atoms with E-state index < -0.39 is 16.9 Å². The molecule has 8 heteroatoms. The molecule has 176 valence electrons. The molecule has 4 aromatic rings. The molecule has 0 saturated heterocycles. The van der Waals surface area contributed by atoms with E-state index in [0.717, 1.165) is 10.8 Å². The van der Waals surface area contributed by atoms with Gasteiger partial charge in [-0.25, -0.2) is 4.79 Å². The molecule has 0 saturated carbocycles. The Morgan fingerprint density at radius 2 is 1.60 bits per heavy atom. The van der Waals surface area contributed by atoms with Gasteiger partial charge < -0.3 is 14.8 Å². The Morgan fingerprint density at radius 1 is 0.914 bits per heavy atom. The molecule has 1 N–H and O–H groups in total. The monoisotopic (exact) mass is 470 g/mol. The maximum atomic E-state index is 12.7. The zero-order valence-electron chi connectivity index (χ0n) is 18.8. The van der Waals surface area contributed by atoms with Gasteiger partial charge in [0.15, 0.2) is 6.61 Å². The Hall–Kier alpha value is -4.72. The molecule has 0 bridgehead atoms. The molecule has 1 atom stereocenters. The van der Waals surface area contributed by atoms with Crippen molar-refractivity contribution >= 4 is 28.3 Å². The first-order valence-corrected chi connectivity index (χ1v) is 10.8. The van der Waals surface area contributed by atoms with Crippen molar-refractivity contribution in [3.8, 4) is 11.5 Å². The van der Waals surface area contributed by atoms with Crippen LogP contribution in [0.25, 0.3) is 10.8 Å². The Morgan fingerprint density at radius 3 is 2.29 bits per heavy atom. The van der Waals surface area contributed by atoms with Gasteiger partial charge in [0.2, 0.25) is 5.91 Å². The number of ether oxygens (including phenoxy) is 2. The zero-order valence-corrected chi connectivity index (χ0v) is 18.8. The first-order valence-electron chi connectivity index (χ1n) is 10.8. The van der Waals surface area contributed by atoms with Crippen molar-refractivity contribution in [2.24, 2.45) is 0 Å². The lowest BCUT2D eigenvalue weighted by atomic mass is 9.92. The van der Waals surface area contributed by atoms with E-state index in [2.05, 4.69) is 5.32 Å². The van der Waals surface area contributed by atoms with Crippen molar-refractivity contribution in [3.05, 3.63) is 112 Å². The van der Waals surface area contributed by atoms with Crippen molar-refractivity contribution in [2.45, 2.75) is 13.0 Å². The van der Waals surface area contributed by atoms with Gasteiger partial charge in [0.25, 0.3) is 5.69 Å². The van der Waals surface area contributed by atoms with Gasteiger partial charge in [-0.3, -0.25) is 14.9 Å². The van der Waals surface area contributed by atoms with E-state index in [4.69, 9.17) is 9.47 Å². The number of carbonyl (C=O) groups is 2. The lowest BCUT2D eigenvalue weighted by molar-refractivity contribution is -0.384. The van der Waals surface area contributed by atoms with E-state index in [1.54, 1.807) is 42.5 Å². The summed E-state index contributed by atoms with van der Waals surface area (Å²) < 4.78 is 11.2. The number of nitrogens with one attached hydrogen (secondary N) is 1. The van der Waals surface area contributed by atoms with Gasteiger partial charge in [-0.05, 0) is 46.7 Å². The van der Waals surface area contributed by atoms with Gasteiger partial charge in [-0.1, -0.05) is 48.5 Å². The molecule has 35 heavy (non-hydrogen) atoms.